The zero-order chi connectivity index (χ0) is 22.8. The summed E-state index contributed by atoms with van der Waals surface area (Å²) in [5.74, 6) is 1.72. The lowest BCUT2D eigenvalue weighted by atomic mass is 10.2. The van der Waals surface area contributed by atoms with Crippen LogP contribution in [0.25, 0.3) is 22.4 Å². The van der Waals surface area contributed by atoms with Crippen molar-refractivity contribution in [2.75, 3.05) is 7.11 Å². The van der Waals surface area contributed by atoms with Crippen LogP contribution in [0.3, 0.4) is 0 Å². The topological polar surface area (TPSA) is 65.7 Å². The fraction of sp³-hybridized carbons (Fsp3) is 0.0800. The molecule has 3 aromatic carbocycles. The van der Waals surface area contributed by atoms with Crippen LogP contribution in [0.4, 0.5) is 0 Å². The van der Waals surface area contributed by atoms with Crippen LogP contribution in [0.2, 0.25) is 5.02 Å². The van der Waals surface area contributed by atoms with E-state index in [0.29, 0.717) is 38.4 Å². The molecule has 2 heterocycles. The van der Waals surface area contributed by atoms with E-state index in [1.807, 2.05) is 60.7 Å². The number of ether oxygens (including phenoxy) is 2. The summed E-state index contributed by atoms with van der Waals surface area (Å²) >= 11 is 7.23. The predicted octanol–water partition coefficient (Wildman–Crippen LogP) is 4.61. The number of halogens is 1. The van der Waals surface area contributed by atoms with E-state index < -0.39 is 0 Å². The minimum Gasteiger partial charge on any atom is -0.493 e. The van der Waals surface area contributed by atoms with Crippen LogP contribution >= 0.6 is 22.9 Å². The first-order chi connectivity index (χ1) is 16.1. The number of fused-ring (bicyclic) bond motifs is 1. The Bertz CT molecular complexity index is 1530. The minimum atomic E-state index is -0.217. The normalized spacial score (nSPS) is 11.8. The number of thiazole rings is 1. The number of rotatable bonds is 6. The van der Waals surface area contributed by atoms with E-state index in [-0.39, 0.29) is 5.56 Å². The molecule has 5 aromatic rings. The molecule has 0 aliphatic heterocycles. The van der Waals surface area contributed by atoms with E-state index in [0.717, 1.165) is 16.7 Å². The maximum Gasteiger partial charge on any atom is 0.291 e. The maximum absolute atomic E-state index is 12.9. The highest BCUT2D eigenvalue weighted by atomic mass is 35.5. The molecule has 5 rings (SSSR count). The summed E-state index contributed by atoms with van der Waals surface area (Å²) in [5.41, 5.74) is 2.47. The highest BCUT2D eigenvalue weighted by Gasteiger charge is 2.12. The van der Waals surface area contributed by atoms with Crippen LogP contribution in [0.5, 0.6) is 11.5 Å². The molecular formula is C25H18ClN3O3S. The third-order valence-electron chi connectivity index (χ3n) is 5.01. The number of hydrogen-bond acceptors (Lipinski definition) is 6. The minimum absolute atomic E-state index is 0.217. The Balaban J connectivity index is 1.42. The van der Waals surface area contributed by atoms with Gasteiger partial charge in [0.1, 0.15) is 6.61 Å². The van der Waals surface area contributed by atoms with E-state index in [1.165, 1.54) is 15.9 Å². The highest BCUT2D eigenvalue weighted by Crippen LogP contribution is 2.29. The molecule has 0 fully saturated rings. The number of methoxy groups -OCH3 is 1. The predicted molar refractivity (Wildman–Crippen MR) is 130 cm³/mol. The van der Waals surface area contributed by atoms with Crippen molar-refractivity contribution in [2.45, 2.75) is 6.61 Å². The molecule has 33 heavy (non-hydrogen) atoms. The van der Waals surface area contributed by atoms with Gasteiger partial charge in [-0.15, -0.1) is 5.10 Å². The molecule has 0 saturated carbocycles. The summed E-state index contributed by atoms with van der Waals surface area (Å²) in [6, 6.07) is 22.7. The van der Waals surface area contributed by atoms with Crippen molar-refractivity contribution in [3.63, 3.8) is 0 Å². The first-order valence-corrected chi connectivity index (χ1v) is 11.3. The summed E-state index contributed by atoms with van der Waals surface area (Å²) in [6.45, 7) is 0.439. The van der Waals surface area contributed by atoms with Crippen molar-refractivity contribution >= 4 is 34.0 Å². The molecule has 0 atom stereocenters. The summed E-state index contributed by atoms with van der Waals surface area (Å²) in [7, 11) is 1.59. The SMILES string of the molecule is COc1cc(/C=c2/sc3nc(-c4ccc(Cl)cc4)nn3c2=O)ccc1OCc1ccccc1. The molecule has 8 heteroatoms. The van der Waals surface area contributed by atoms with Crippen LogP contribution in [0.1, 0.15) is 11.1 Å². The number of aromatic nitrogens is 3. The lowest BCUT2D eigenvalue weighted by molar-refractivity contribution is 0.284. The molecule has 0 amide bonds. The molecule has 0 bridgehead atoms. The Morgan fingerprint density at radius 2 is 1.82 bits per heavy atom. The third kappa shape index (κ3) is 4.46. The second kappa shape index (κ2) is 9.05. The van der Waals surface area contributed by atoms with Crippen LogP contribution in [-0.4, -0.2) is 21.7 Å². The highest BCUT2D eigenvalue weighted by molar-refractivity contribution is 7.15. The molecule has 0 N–H and O–H groups in total. The van der Waals surface area contributed by atoms with Crippen molar-refractivity contribution in [3.8, 4) is 22.9 Å². The maximum atomic E-state index is 12.9. The summed E-state index contributed by atoms with van der Waals surface area (Å²) in [5, 5.41) is 5.00. The van der Waals surface area contributed by atoms with Gasteiger partial charge in [0.15, 0.2) is 17.3 Å². The number of nitrogens with zero attached hydrogens (tertiary/aromatic N) is 3. The van der Waals surface area contributed by atoms with Gasteiger partial charge in [-0.25, -0.2) is 0 Å². The summed E-state index contributed by atoms with van der Waals surface area (Å²) in [4.78, 5) is 17.9. The molecule has 0 aliphatic carbocycles. The van der Waals surface area contributed by atoms with Crippen LogP contribution in [-0.2, 0) is 6.61 Å². The molecule has 6 nitrogen and oxygen atoms in total. The molecule has 0 radical (unpaired) electrons. The van der Waals surface area contributed by atoms with E-state index in [2.05, 4.69) is 10.1 Å². The monoisotopic (exact) mass is 475 g/mol. The van der Waals surface area contributed by atoms with Crippen molar-refractivity contribution in [1.29, 1.82) is 0 Å². The number of hydrogen-bond donors (Lipinski definition) is 0. The largest absolute Gasteiger partial charge is 0.493 e. The van der Waals surface area contributed by atoms with Gasteiger partial charge in [-0.2, -0.15) is 9.50 Å². The Labute approximate surface area is 198 Å². The Hall–Kier alpha value is -3.68. The smallest absolute Gasteiger partial charge is 0.291 e. The number of benzene rings is 3. The van der Waals surface area contributed by atoms with Crippen molar-refractivity contribution in [2.24, 2.45) is 0 Å². The summed E-state index contributed by atoms with van der Waals surface area (Å²) in [6.07, 6.45) is 1.80. The first kappa shape index (κ1) is 21.2. The fourth-order valence-electron chi connectivity index (χ4n) is 3.33. The Morgan fingerprint density at radius 3 is 2.55 bits per heavy atom. The molecule has 164 valence electrons. The Morgan fingerprint density at radius 1 is 1.03 bits per heavy atom. The second-order valence-electron chi connectivity index (χ2n) is 7.24. The van der Waals surface area contributed by atoms with Crippen molar-refractivity contribution in [3.05, 3.63) is 104 Å². The van der Waals surface area contributed by atoms with Gasteiger partial charge < -0.3 is 9.47 Å². The molecule has 0 aliphatic rings. The molecule has 0 unspecified atom stereocenters. The Kier molecular flexibility index (Phi) is 5.81. The van der Waals surface area contributed by atoms with Gasteiger partial charge in [0, 0.05) is 10.6 Å². The van der Waals surface area contributed by atoms with Gasteiger partial charge in [0.25, 0.3) is 5.56 Å². The van der Waals surface area contributed by atoms with E-state index in [9.17, 15) is 4.79 Å². The van der Waals surface area contributed by atoms with Gasteiger partial charge in [-0.05, 0) is 53.6 Å². The van der Waals surface area contributed by atoms with E-state index in [1.54, 1.807) is 25.3 Å². The van der Waals surface area contributed by atoms with E-state index in [4.69, 9.17) is 21.1 Å². The average molecular weight is 476 g/mol. The van der Waals surface area contributed by atoms with Gasteiger partial charge in [-0.1, -0.05) is 59.3 Å². The molecule has 0 spiro atoms. The van der Waals surface area contributed by atoms with Crippen molar-refractivity contribution < 1.29 is 9.47 Å². The zero-order valence-electron chi connectivity index (χ0n) is 17.6. The quantitative estimate of drug-likeness (QED) is 0.359. The van der Waals surface area contributed by atoms with Crippen molar-refractivity contribution in [1.82, 2.24) is 14.6 Å². The first-order valence-electron chi connectivity index (χ1n) is 10.1. The molecule has 2 aromatic heterocycles. The van der Waals surface area contributed by atoms with Gasteiger partial charge >= 0.3 is 0 Å². The second-order valence-corrected chi connectivity index (χ2v) is 8.68. The van der Waals surface area contributed by atoms with Gasteiger partial charge in [0.2, 0.25) is 4.96 Å². The molecule has 0 saturated heterocycles. The summed E-state index contributed by atoms with van der Waals surface area (Å²) < 4.78 is 13.3. The van der Waals surface area contributed by atoms with Crippen LogP contribution < -0.4 is 19.6 Å². The zero-order valence-corrected chi connectivity index (χ0v) is 19.1. The van der Waals surface area contributed by atoms with E-state index >= 15 is 0 Å². The van der Waals surface area contributed by atoms with Gasteiger partial charge in [-0.3, -0.25) is 4.79 Å². The van der Waals surface area contributed by atoms with Crippen LogP contribution in [0.15, 0.2) is 77.6 Å². The molecular weight excluding hydrogens is 458 g/mol. The van der Waals surface area contributed by atoms with Gasteiger partial charge in [0.05, 0.1) is 11.6 Å². The standard InChI is InChI=1S/C25H18ClN3O3S/c1-31-21-13-17(7-12-20(21)32-15-16-5-3-2-4-6-16)14-22-24(30)29-25(33-22)27-23(28-29)18-8-10-19(26)11-9-18/h2-14H,15H2,1H3/b22-14+. The lowest BCUT2D eigenvalue weighted by Gasteiger charge is -2.11. The fourth-order valence-corrected chi connectivity index (χ4v) is 4.37. The van der Waals surface area contributed by atoms with Crippen LogP contribution in [0, 0.1) is 0 Å². The average Bonchev–Trinajstić information content (AvgIpc) is 3.38. The lowest BCUT2D eigenvalue weighted by Crippen LogP contribution is -2.23. The third-order valence-corrected chi connectivity index (χ3v) is 6.22.